The molecule has 0 atom stereocenters. The maximum absolute atomic E-state index is 5.47. The number of para-hydroxylation sites is 1. The average molecular weight is 792 g/mol. The van der Waals surface area contributed by atoms with Crippen LogP contribution in [-0.2, 0) is 0 Å². The highest BCUT2D eigenvalue weighted by Crippen LogP contribution is 2.46. The molecule has 0 saturated carbocycles. The molecule has 282 valence electrons. The van der Waals surface area contributed by atoms with Gasteiger partial charge in [0.1, 0.15) is 0 Å². The Labute approximate surface area is 354 Å². The number of aromatic nitrogens is 3. The zero-order valence-electron chi connectivity index (χ0n) is 32.8. The lowest BCUT2D eigenvalue weighted by atomic mass is 9.86. The molecule has 13 rings (SSSR count). The number of rotatable bonds is 4. The van der Waals surface area contributed by atoms with Crippen LogP contribution in [0, 0.1) is 0 Å². The molecule has 61 heavy (non-hydrogen) atoms. The first-order valence-corrected chi connectivity index (χ1v) is 21.5. The zero-order valence-corrected chi connectivity index (χ0v) is 33.6. The third-order valence-corrected chi connectivity index (χ3v) is 13.6. The molecule has 0 aliphatic carbocycles. The van der Waals surface area contributed by atoms with Crippen LogP contribution in [0.25, 0.3) is 130 Å². The second-order valence-corrected chi connectivity index (χ2v) is 16.9. The largest absolute Gasteiger partial charge is 0.247 e. The molecule has 0 radical (unpaired) electrons. The summed E-state index contributed by atoms with van der Waals surface area (Å²) >= 11 is 1.88. The summed E-state index contributed by atoms with van der Waals surface area (Å²) in [7, 11) is 0. The molecule has 0 aliphatic rings. The third kappa shape index (κ3) is 5.26. The van der Waals surface area contributed by atoms with E-state index in [-0.39, 0.29) is 0 Å². The Morgan fingerprint density at radius 3 is 1.54 bits per heavy atom. The molecule has 3 nitrogen and oxygen atoms in total. The number of hydrogen-bond acceptors (Lipinski definition) is 4. The van der Waals surface area contributed by atoms with Gasteiger partial charge in [-0.1, -0.05) is 176 Å². The van der Waals surface area contributed by atoms with Crippen molar-refractivity contribution in [2.75, 3.05) is 0 Å². The molecule has 0 fully saturated rings. The molecular weight excluding hydrogens is 759 g/mol. The normalized spacial score (nSPS) is 11.9. The van der Waals surface area contributed by atoms with Gasteiger partial charge in [0.25, 0.3) is 0 Å². The molecule has 4 heteroatoms. The Hall–Kier alpha value is -7.79. The average Bonchev–Trinajstić information content (AvgIpc) is 3.72. The van der Waals surface area contributed by atoms with E-state index in [1.807, 2.05) is 17.4 Å². The van der Waals surface area contributed by atoms with E-state index in [4.69, 9.17) is 15.0 Å². The Morgan fingerprint density at radius 2 is 0.836 bits per heavy atom. The lowest BCUT2D eigenvalue weighted by Gasteiger charge is -2.18. The summed E-state index contributed by atoms with van der Waals surface area (Å²) < 4.78 is 2.62. The molecule has 0 amide bonds. The maximum Gasteiger partial charge on any atom is 0.0972 e. The van der Waals surface area contributed by atoms with Crippen LogP contribution in [0.3, 0.4) is 0 Å². The summed E-state index contributed by atoms with van der Waals surface area (Å²) in [6.45, 7) is 0. The molecule has 0 spiro atoms. The quantitative estimate of drug-likeness (QED) is 0.132. The highest BCUT2D eigenvalue weighted by molar-refractivity contribution is 7.26. The van der Waals surface area contributed by atoms with Gasteiger partial charge in [-0.3, -0.25) is 0 Å². The van der Waals surface area contributed by atoms with Gasteiger partial charge in [0.15, 0.2) is 0 Å². The summed E-state index contributed by atoms with van der Waals surface area (Å²) in [5, 5.41) is 13.1. The smallest absolute Gasteiger partial charge is 0.0972 e. The fourth-order valence-electron chi connectivity index (χ4n) is 9.62. The van der Waals surface area contributed by atoms with E-state index < -0.39 is 0 Å². The zero-order chi connectivity index (χ0) is 40.0. The van der Waals surface area contributed by atoms with Gasteiger partial charge in [0.2, 0.25) is 0 Å². The Bertz CT molecular complexity index is 3870. The molecule has 0 saturated heterocycles. The van der Waals surface area contributed by atoms with Crippen LogP contribution in [0.15, 0.2) is 200 Å². The van der Waals surface area contributed by atoms with Gasteiger partial charge in [0, 0.05) is 63.8 Å². The van der Waals surface area contributed by atoms with E-state index >= 15 is 0 Å². The summed E-state index contributed by atoms with van der Waals surface area (Å²) in [6, 6.07) is 71.8. The van der Waals surface area contributed by atoms with Crippen LogP contribution in [-0.4, -0.2) is 15.0 Å². The molecule has 0 unspecified atom stereocenters. The van der Waals surface area contributed by atoms with Crippen LogP contribution < -0.4 is 0 Å². The first-order valence-electron chi connectivity index (χ1n) is 20.7. The van der Waals surface area contributed by atoms with E-state index in [2.05, 4.69) is 194 Å². The number of nitrogens with zero attached hydrogens (tertiary/aromatic N) is 3. The molecule has 0 N–H and O–H groups in total. The van der Waals surface area contributed by atoms with E-state index in [0.717, 1.165) is 66.7 Å². The van der Waals surface area contributed by atoms with Crippen molar-refractivity contribution in [3.05, 3.63) is 200 Å². The molecule has 0 bridgehead atoms. The third-order valence-electron chi connectivity index (χ3n) is 12.4. The molecule has 4 heterocycles. The lowest BCUT2D eigenvalue weighted by molar-refractivity contribution is 1.37. The molecule has 9 aromatic carbocycles. The van der Waals surface area contributed by atoms with Crippen molar-refractivity contribution in [1.29, 1.82) is 0 Å². The predicted octanol–water partition coefficient (Wildman–Crippen LogP) is 15.8. The van der Waals surface area contributed by atoms with Crippen LogP contribution >= 0.6 is 11.3 Å². The fourth-order valence-corrected chi connectivity index (χ4v) is 10.9. The van der Waals surface area contributed by atoms with Crippen molar-refractivity contribution in [2.45, 2.75) is 0 Å². The van der Waals surface area contributed by atoms with Crippen molar-refractivity contribution in [2.24, 2.45) is 0 Å². The van der Waals surface area contributed by atoms with E-state index in [1.165, 1.54) is 63.4 Å². The van der Waals surface area contributed by atoms with Gasteiger partial charge in [-0.05, 0) is 56.9 Å². The van der Waals surface area contributed by atoms with E-state index in [0.29, 0.717) is 0 Å². The minimum atomic E-state index is 0.906. The lowest BCUT2D eigenvalue weighted by Crippen LogP contribution is -1.94. The number of fused-ring (bicyclic) bond motifs is 12. The minimum absolute atomic E-state index is 0.906. The minimum Gasteiger partial charge on any atom is -0.247 e. The Morgan fingerprint density at radius 1 is 0.311 bits per heavy atom. The van der Waals surface area contributed by atoms with Gasteiger partial charge >= 0.3 is 0 Å². The summed E-state index contributed by atoms with van der Waals surface area (Å²) in [5.74, 6) is 0. The number of pyridine rings is 3. The van der Waals surface area contributed by atoms with Gasteiger partial charge < -0.3 is 0 Å². The monoisotopic (exact) mass is 791 g/mol. The number of hydrogen-bond donors (Lipinski definition) is 0. The number of benzene rings is 9. The molecule has 0 aliphatic heterocycles. The van der Waals surface area contributed by atoms with Crippen molar-refractivity contribution < 1.29 is 0 Å². The van der Waals surface area contributed by atoms with Gasteiger partial charge in [-0.2, -0.15) is 0 Å². The summed E-state index contributed by atoms with van der Waals surface area (Å²) in [5.41, 5.74) is 11.4. The second-order valence-electron chi connectivity index (χ2n) is 15.8. The topological polar surface area (TPSA) is 38.7 Å². The maximum atomic E-state index is 5.47. The second kappa shape index (κ2) is 13.4. The van der Waals surface area contributed by atoms with Gasteiger partial charge in [-0.15, -0.1) is 11.3 Å². The van der Waals surface area contributed by atoms with Crippen LogP contribution in [0.1, 0.15) is 0 Å². The molecular formula is C57H33N3S. The van der Waals surface area contributed by atoms with E-state index in [9.17, 15) is 0 Å². The van der Waals surface area contributed by atoms with Crippen LogP contribution in [0.4, 0.5) is 0 Å². The number of thiophene rings is 1. The summed E-state index contributed by atoms with van der Waals surface area (Å²) in [4.78, 5) is 16.0. The van der Waals surface area contributed by atoms with Crippen LogP contribution in [0.5, 0.6) is 0 Å². The first kappa shape index (κ1) is 34.1. The van der Waals surface area contributed by atoms with E-state index in [1.54, 1.807) is 0 Å². The van der Waals surface area contributed by atoms with Crippen molar-refractivity contribution >= 4 is 96.5 Å². The standard InChI is InChI=1S/C57H33N3S/c1-2-12-34(13-3-1)47-32-28-37-26-27-38-29-33-49(60-56(38)55(37)58-47)52-42-17-6-4-15-40(42)51(41-16-5-7-18-43(41)52)35-22-24-36(25-23-35)54-46-31-30-44-39-14-9-11-21-50(39)61-57(44)53(46)45-19-8-10-20-48(45)59-54/h1-33H. The Kier molecular flexibility index (Phi) is 7.47. The summed E-state index contributed by atoms with van der Waals surface area (Å²) in [6.07, 6.45) is 0. The Balaban J connectivity index is 0.989. The predicted molar refractivity (Wildman–Crippen MR) is 259 cm³/mol. The first-order chi connectivity index (χ1) is 30.2. The van der Waals surface area contributed by atoms with Crippen molar-refractivity contribution in [3.63, 3.8) is 0 Å². The SMILES string of the molecule is c1ccc(-c2ccc3ccc4ccc(-c5c6ccccc6c(-c6ccc(-c7nc8ccccc8c8c7ccc7c9ccccc9sc78)cc6)c6ccccc56)nc4c3n2)cc1. The fraction of sp³-hybridized carbons (Fsp3) is 0. The highest BCUT2D eigenvalue weighted by atomic mass is 32.1. The van der Waals surface area contributed by atoms with Gasteiger partial charge in [-0.25, -0.2) is 15.0 Å². The van der Waals surface area contributed by atoms with Crippen LogP contribution in [0.2, 0.25) is 0 Å². The van der Waals surface area contributed by atoms with Crippen molar-refractivity contribution in [1.82, 2.24) is 15.0 Å². The molecule has 4 aromatic heterocycles. The van der Waals surface area contributed by atoms with Gasteiger partial charge in [0.05, 0.1) is 33.6 Å². The van der Waals surface area contributed by atoms with Crippen molar-refractivity contribution in [3.8, 4) is 44.9 Å². The molecule has 13 aromatic rings. The highest BCUT2D eigenvalue weighted by Gasteiger charge is 2.20.